The number of nitrogens with one attached hydrogen (secondary N) is 1. The van der Waals surface area contributed by atoms with E-state index in [0.717, 1.165) is 0 Å². The summed E-state index contributed by atoms with van der Waals surface area (Å²) in [6.45, 7) is 0.544. The van der Waals surface area contributed by atoms with Crippen LogP contribution in [0.4, 0.5) is 9.18 Å². The van der Waals surface area contributed by atoms with E-state index in [4.69, 9.17) is 9.84 Å². The number of carboxylic acids is 1. The van der Waals surface area contributed by atoms with E-state index in [1.165, 1.54) is 30.1 Å². The maximum Gasteiger partial charge on any atom is 0.317 e. The Bertz CT molecular complexity index is 550. The first-order chi connectivity index (χ1) is 9.97. The van der Waals surface area contributed by atoms with Gasteiger partial charge in [0.1, 0.15) is 11.6 Å². The van der Waals surface area contributed by atoms with Gasteiger partial charge in [-0.05, 0) is 18.2 Å². The fraction of sp³-hybridized carbons (Fsp3) is 0.429. The molecular formula is C14H17FN2O4. The summed E-state index contributed by atoms with van der Waals surface area (Å²) < 4.78 is 18.8. The largest absolute Gasteiger partial charge is 0.493 e. The minimum atomic E-state index is -0.965. The molecule has 7 heteroatoms. The van der Waals surface area contributed by atoms with Gasteiger partial charge in [-0.1, -0.05) is 0 Å². The average molecular weight is 296 g/mol. The highest BCUT2D eigenvalue weighted by Gasteiger charge is 2.24. The van der Waals surface area contributed by atoms with Crippen molar-refractivity contribution in [3.63, 3.8) is 0 Å². The molecule has 1 aliphatic rings. The molecule has 0 radical (unpaired) electrons. The average Bonchev–Trinajstić information content (AvgIpc) is 2.45. The smallest absolute Gasteiger partial charge is 0.317 e. The Hall–Kier alpha value is -2.31. The molecule has 0 bridgehead atoms. The van der Waals surface area contributed by atoms with Crippen molar-refractivity contribution in [3.8, 4) is 5.75 Å². The second-order valence-corrected chi connectivity index (χ2v) is 4.89. The molecule has 0 spiro atoms. The molecule has 2 rings (SSSR count). The summed E-state index contributed by atoms with van der Waals surface area (Å²) in [5, 5.41) is 11.4. The Balaban J connectivity index is 2.02. The lowest BCUT2D eigenvalue weighted by molar-refractivity contribution is -0.137. The van der Waals surface area contributed by atoms with Gasteiger partial charge in [-0.25, -0.2) is 9.18 Å². The molecule has 114 valence electrons. The number of nitrogens with zero attached hydrogens (tertiary/aromatic N) is 1. The predicted molar refractivity (Wildman–Crippen MR) is 72.7 cm³/mol. The zero-order valence-electron chi connectivity index (χ0n) is 11.6. The maximum absolute atomic E-state index is 13.3. The molecule has 0 aliphatic carbocycles. The quantitative estimate of drug-likeness (QED) is 0.887. The minimum Gasteiger partial charge on any atom is -0.493 e. The summed E-state index contributed by atoms with van der Waals surface area (Å²) in [5.41, 5.74) is 0.598. The van der Waals surface area contributed by atoms with Gasteiger partial charge in [0.2, 0.25) is 0 Å². The lowest BCUT2D eigenvalue weighted by Gasteiger charge is -2.28. The third kappa shape index (κ3) is 3.84. The van der Waals surface area contributed by atoms with Gasteiger partial charge in [0.15, 0.2) is 0 Å². The molecule has 0 aromatic heterocycles. The normalized spacial score (nSPS) is 16.6. The van der Waals surface area contributed by atoms with Crippen LogP contribution in [0.15, 0.2) is 18.2 Å². The number of halogens is 1. The Labute approximate surface area is 121 Å². The van der Waals surface area contributed by atoms with E-state index in [1.54, 1.807) is 0 Å². The van der Waals surface area contributed by atoms with Crippen molar-refractivity contribution in [3.05, 3.63) is 29.6 Å². The number of hydrogen-bond donors (Lipinski definition) is 2. The van der Waals surface area contributed by atoms with E-state index in [0.29, 0.717) is 24.3 Å². The summed E-state index contributed by atoms with van der Waals surface area (Å²) in [4.78, 5) is 23.8. The highest BCUT2D eigenvalue weighted by Crippen LogP contribution is 2.32. The van der Waals surface area contributed by atoms with Gasteiger partial charge in [0, 0.05) is 25.6 Å². The van der Waals surface area contributed by atoms with Crippen molar-refractivity contribution in [2.45, 2.75) is 18.9 Å². The van der Waals surface area contributed by atoms with Crippen LogP contribution in [0, 0.1) is 5.82 Å². The van der Waals surface area contributed by atoms with Gasteiger partial charge < -0.3 is 20.1 Å². The van der Waals surface area contributed by atoms with E-state index in [1.807, 2.05) is 0 Å². The van der Waals surface area contributed by atoms with Crippen LogP contribution in [0.2, 0.25) is 0 Å². The fourth-order valence-electron chi connectivity index (χ4n) is 2.14. The first kappa shape index (κ1) is 15.1. The third-order valence-electron chi connectivity index (χ3n) is 3.32. The summed E-state index contributed by atoms with van der Waals surface area (Å²) in [6, 6.07) is 3.46. The molecular weight excluding hydrogens is 279 g/mol. The molecule has 1 aliphatic heterocycles. The van der Waals surface area contributed by atoms with Gasteiger partial charge in [-0.15, -0.1) is 0 Å². The number of aliphatic carboxylic acids is 1. The number of ether oxygens (including phenoxy) is 1. The van der Waals surface area contributed by atoms with Gasteiger partial charge in [0.05, 0.1) is 19.1 Å². The van der Waals surface area contributed by atoms with Crippen LogP contribution in [0.3, 0.4) is 0 Å². The monoisotopic (exact) mass is 296 g/mol. The van der Waals surface area contributed by atoms with E-state index in [9.17, 15) is 14.0 Å². The topological polar surface area (TPSA) is 78.9 Å². The molecule has 0 saturated carbocycles. The van der Waals surface area contributed by atoms with Crippen LogP contribution < -0.4 is 10.1 Å². The number of hydrogen-bond acceptors (Lipinski definition) is 3. The first-order valence-electron chi connectivity index (χ1n) is 6.63. The molecule has 2 N–H and O–H groups in total. The summed E-state index contributed by atoms with van der Waals surface area (Å²) in [5.74, 6) is -0.799. The number of carbonyl (C=O) groups excluding carboxylic acids is 1. The highest BCUT2D eigenvalue weighted by atomic mass is 19.1. The number of carboxylic acid groups (broad SMARTS) is 1. The SMILES string of the molecule is CN(CCC(=O)O)C(=O)NC1CCOc2ccc(F)cc21. The molecule has 1 aromatic carbocycles. The number of amides is 2. The fourth-order valence-corrected chi connectivity index (χ4v) is 2.14. The van der Waals surface area contributed by atoms with Crippen molar-refractivity contribution in [2.75, 3.05) is 20.2 Å². The van der Waals surface area contributed by atoms with Gasteiger partial charge in [-0.2, -0.15) is 0 Å². The first-order valence-corrected chi connectivity index (χ1v) is 6.63. The maximum atomic E-state index is 13.3. The number of rotatable bonds is 4. The van der Waals surface area contributed by atoms with E-state index in [2.05, 4.69) is 5.32 Å². The van der Waals surface area contributed by atoms with Crippen molar-refractivity contribution >= 4 is 12.0 Å². The summed E-state index contributed by atoms with van der Waals surface area (Å²) in [7, 11) is 1.52. The molecule has 1 aromatic rings. The van der Waals surface area contributed by atoms with Crippen LogP contribution in [-0.4, -0.2) is 42.2 Å². The molecule has 0 saturated heterocycles. The predicted octanol–water partition coefficient (Wildman–Crippen LogP) is 1.77. The lowest BCUT2D eigenvalue weighted by atomic mass is 10.0. The minimum absolute atomic E-state index is 0.112. The summed E-state index contributed by atoms with van der Waals surface area (Å²) in [6.07, 6.45) is 0.415. The van der Waals surface area contributed by atoms with Crippen LogP contribution in [0.25, 0.3) is 0 Å². The Kier molecular flexibility index (Phi) is 4.62. The van der Waals surface area contributed by atoms with Gasteiger partial charge in [0.25, 0.3) is 0 Å². The second-order valence-electron chi connectivity index (χ2n) is 4.89. The summed E-state index contributed by atoms with van der Waals surface area (Å²) >= 11 is 0. The Morgan fingerprint density at radius 1 is 1.52 bits per heavy atom. The zero-order valence-corrected chi connectivity index (χ0v) is 11.6. The number of fused-ring (bicyclic) bond motifs is 1. The van der Waals surface area contributed by atoms with Gasteiger partial charge >= 0.3 is 12.0 Å². The van der Waals surface area contributed by atoms with Crippen LogP contribution in [0.5, 0.6) is 5.75 Å². The molecule has 1 atom stereocenters. The zero-order chi connectivity index (χ0) is 15.4. The number of benzene rings is 1. The third-order valence-corrected chi connectivity index (χ3v) is 3.32. The van der Waals surface area contributed by atoms with Crippen molar-refractivity contribution in [2.24, 2.45) is 0 Å². The standard InChI is InChI=1S/C14H17FN2O4/c1-17(6-4-13(18)19)14(20)16-11-5-7-21-12-3-2-9(15)8-10(11)12/h2-3,8,11H,4-7H2,1H3,(H,16,20)(H,18,19). The van der Waals surface area contributed by atoms with Crippen molar-refractivity contribution in [1.29, 1.82) is 0 Å². The van der Waals surface area contributed by atoms with E-state index >= 15 is 0 Å². The molecule has 2 amide bonds. The molecule has 6 nitrogen and oxygen atoms in total. The van der Waals surface area contributed by atoms with Gasteiger partial charge in [-0.3, -0.25) is 4.79 Å². The Morgan fingerprint density at radius 2 is 2.29 bits per heavy atom. The molecule has 0 fully saturated rings. The van der Waals surface area contributed by atoms with Crippen molar-refractivity contribution in [1.82, 2.24) is 10.2 Å². The Morgan fingerprint density at radius 3 is 3.00 bits per heavy atom. The second kappa shape index (κ2) is 6.43. The van der Waals surface area contributed by atoms with Crippen LogP contribution in [-0.2, 0) is 4.79 Å². The lowest BCUT2D eigenvalue weighted by Crippen LogP contribution is -2.41. The number of carbonyl (C=O) groups is 2. The molecule has 1 heterocycles. The highest BCUT2D eigenvalue weighted by molar-refractivity contribution is 5.75. The van der Waals surface area contributed by atoms with Crippen LogP contribution >= 0.6 is 0 Å². The van der Waals surface area contributed by atoms with Crippen LogP contribution in [0.1, 0.15) is 24.4 Å². The number of urea groups is 1. The van der Waals surface area contributed by atoms with Crippen molar-refractivity contribution < 1.29 is 23.8 Å². The van der Waals surface area contributed by atoms with E-state index in [-0.39, 0.29) is 19.0 Å². The molecule has 1 unspecified atom stereocenters. The molecule has 21 heavy (non-hydrogen) atoms. The van der Waals surface area contributed by atoms with E-state index < -0.39 is 17.8 Å².